The average molecular weight is 480 g/mol. The Kier molecular flexibility index (Phi) is 7.64. The van der Waals surface area contributed by atoms with Gasteiger partial charge in [-0.15, -0.1) is 0 Å². The maximum Gasteiger partial charge on any atom is 0.350 e. The number of sulfonamides is 1. The van der Waals surface area contributed by atoms with Crippen molar-refractivity contribution in [2.75, 3.05) is 23.8 Å². The van der Waals surface area contributed by atoms with E-state index in [1.54, 1.807) is 37.3 Å². The standard InChI is InChI=1S/C19H18BrN3O5S/c1-3-28-19(24)13(11-21)12-22-15-6-4-5-7-16(15)23-29(25,26)18-10-14(20)8-9-17(18)27-2/h4-10,12,22-23H,3H2,1-2H3/b13-12+. The molecule has 0 aliphatic carbocycles. The van der Waals surface area contributed by atoms with Crippen LogP contribution in [0.25, 0.3) is 0 Å². The van der Waals surface area contributed by atoms with Gasteiger partial charge in [0, 0.05) is 10.7 Å². The van der Waals surface area contributed by atoms with Crippen molar-refractivity contribution in [3.63, 3.8) is 0 Å². The largest absolute Gasteiger partial charge is 0.495 e. The number of carbonyl (C=O) groups excluding carboxylic acids is 1. The van der Waals surface area contributed by atoms with E-state index in [2.05, 4.69) is 26.0 Å². The number of ether oxygens (including phenoxy) is 2. The average Bonchev–Trinajstić information content (AvgIpc) is 2.69. The molecule has 0 unspecified atom stereocenters. The van der Waals surface area contributed by atoms with Crippen LogP contribution < -0.4 is 14.8 Å². The number of hydrogen-bond acceptors (Lipinski definition) is 7. The van der Waals surface area contributed by atoms with E-state index >= 15 is 0 Å². The van der Waals surface area contributed by atoms with Gasteiger partial charge in [-0.1, -0.05) is 28.1 Å². The summed E-state index contributed by atoms with van der Waals surface area (Å²) in [5.74, 6) is -0.598. The number of esters is 1. The Bertz CT molecular complexity index is 1080. The van der Waals surface area contributed by atoms with Crippen molar-refractivity contribution in [2.24, 2.45) is 0 Å². The van der Waals surface area contributed by atoms with Gasteiger partial charge in [-0.25, -0.2) is 13.2 Å². The molecule has 0 saturated carbocycles. The van der Waals surface area contributed by atoms with Crippen molar-refractivity contribution < 1.29 is 22.7 Å². The third-order valence-electron chi connectivity index (χ3n) is 3.57. The summed E-state index contributed by atoms with van der Waals surface area (Å²) < 4.78 is 38.8. The van der Waals surface area contributed by atoms with Crippen LogP contribution in [0.4, 0.5) is 11.4 Å². The molecule has 0 atom stereocenters. The van der Waals surface area contributed by atoms with Crippen LogP contribution in [0.15, 0.2) is 63.6 Å². The minimum atomic E-state index is -3.99. The lowest BCUT2D eigenvalue weighted by molar-refractivity contribution is -0.138. The number of halogens is 1. The second kappa shape index (κ2) is 9.95. The fraction of sp³-hybridized carbons (Fsp3) is 0.158. The van der Waals surface area contributed by atoms with Gasteiger partial charge in [0.2, 0.25) is 0 Å². The Morgan fingerprint density at radius 3 is 2.55 bits per heavy atom. The highest BCUT2D eigenvalue weighted by Crippen LogP contribution is 2.31. The summed E-state index contributed by atoms with van der Waals surface area (Å²) in [6.07, 6.45) is 1.16. The lowest BCUT2D eigenvalue weighted by Gasteiger charge is -2.14. The number of nitrogens with zero attached hydrogens (tertiary/aromatic N) is 1. The first-order valence-corrected chi connectivity index (χ1v) is 10.6. The SMILES string of the molecule is CCOC(=O)/C(C#N)=C/Nc1ccccc1NS(=O)(=O)c1cc(Br)ccc1OC. The molecule has 2 N–H and O–H groups in total. The Morgan fingerprint density at radius 1 is 1.24 bits per heavy atom. The van der Waals surface area contributed by atoms with Crippen LogP contribution in [-0.4, -0.2) is 28.1 Å². The van der Waals surface area contributed by atoms with Crippen LogP contribution in [0.5, 0.6) is 5.75 Å². The van der Waals surface area contributed by atoms with Gasteiger partial charge < -0.3 is 14.8 Å². The molecule has 0 fully saturated rings. The molecule has 0 bridgehead atoms. The summed E-state index contributed by atoms with van der Waals surface area (Å²) in [5, 5.41) is 11.9. The first-order chi connectivity index (χ1) is 13.8. The van der Waals surface area contributed by atoms with E-state index in [9.17, 15) is 13.2 Å². The minimum absolute atomic E-state index is 0.0519. The molecule has 0 heterocycles. The van der Waals surface area contributed by atoms with Gasteiger partial charge in [-0.2, -0.15) is 5.26 Å². The molecule has 0 saturated heterocycles. The van der Waals surface area contributed by atoms with E-state index in [1.807, 2.05) is 0 Å². The molecule has 0 amide bonds. The molecule has 8 nitrogen and oxygen atoms in total. The summed E-state index contributed by atoms with van der Waals surface area (Å²) in [5.41, 5.74) is 0.298. The van der Waals surface area contributed by atoms with Gasteiger partial charge in [-0.3, -0.25) is 4.72 Å². The molecule has 152 valence electrons. The molecule has 10 heteroatoms. The number of benzene rings is 2. The summed E-state index contributed by atoms with van der Waals surface area (Å²) in [7, 11) is -2.62. The second-order valence-corrected chi connectivity index (χ2v) is 8.05. The number of anilines is 2. The topological polar surface area (TPSA) is 118 Å². The van der Waals surface area contributed by atoms with Crippen LogP contribution in [0.3, 0.4) is 0 Å². The van der Waals surface area contributed by atoms with E-state index < -0.39 is 16.0 Å². The van der Waals surface area contributed by atoms with Crippen molar-refractivity contribution in [2.45, 2.75) is 11.8 Å². The molecule has 0 spiro atoms. The zero-order valence-corrected chi connectivity index (χ0v) is 18.0. The van der Waals surface area contributed by atoms with Crippen LogP contribution in [0.2, 0.25) is 0 Å². The molecule has 0 aliphatic rings. The number of nitriles is 1. The van der Waals surface area contributed by atoms with E-state index in [-0.39, 0.29) is 28.5 Å². The maximum atomic E-state index is 12.9. The first kappa shape index (κ1) is 22.3. The zero-order chi connectivity index (χ0) is 21.4. The summed E-state index contributed by atoms with van der Waals surface area (Å²) in [4.78, 5) is 11.7. The predicted molar refractivity (Wildman–Crippen MR) is 112 cm³/mol. The van der Waals surface area contributed by atoms with Gasteiger partial charge in [0.15, 0.2) is 5.57 Å². The predicted octanol–water partition coefficient (Wildman–Crippen LogP) is 3.64. The van der Waals surface area contributed by atoms with E-state index in [1.165, 1.54) is 25.3 Å². The van der Waals surface area contributed by atoms with Gasteiger partial charge in [0.25, 0.3) is 10.0 Å². The van der Waals surface area contributed by atoms with Crippen LogP contribution in [0, 0.1) is 11.3 Å². The van der Waals surface area contributed by atoms with Gasteiger partial charge in [-0.05, 0) is 37.3 Å². The van der Waals surface area contributed by atoms with Crippen LogP contribution in [-0.2, 0) is 19.6 Å². The summed E-state index contributed by atoms with van der Waals surface area (Å²) >= 11 is 3.25. The van der Waals surface area contributed by atoms with E-state index in [4.69, 9.17) is 14.7 Å². The molecule has 2 aromatic carbocycles. The molecule has 29 heavy (non-hydrogen) atoms. The van der Waals surface area contributed by atoms with Crippen LogP contribution >= 0.6 is 15.9 Å². The molecular formula is C19H18BrN3O5S. The van der Waals surface area contributed by atoms with Crippen molar-refractivity contribution in [3.8, 4) is 11.8 Å². The fourth-order valence-corrected chi connectivity index (χ4v) is 4.04. The van der Waals surface area contributed by atoms with Gasteiger partial charge in [0.1, 0.15) is 16.7 Å². The number of methoxy groups -OCH3 is 1. The normalized spacial score (nSPS) is 11.3. The van der Waals surface area contributed by atoms with Crippen molar-refractivity contribution in [3.05, 3.63) is 58.7 Å². The van der Waals surface area contributed by atoms with Crippen molar-refractivity contribution in [1.29, 1.82) is 5.26 Å². The Labute approximate surface area is 177 Å². The molecule has 2 aromatic rings. The quantitative estimate of drug-likeness (QED) is 0.337. The fourth-order valence-electron chi connectivity index (χ4n) is 2.25. The summed E-state index contributed by atoms with van der Waals surface area (Å²) in [6.45, 7) is 1.75. The third-order valence-corrected chi connectivity index (χ3v) is 5.45. The first-order valence-electron chi connectivity index (χ1n) is 8.31. The summed E-state index contributed by atoms with van der Waals surface area (Å²) in [6, 6.07) is 12.8. The molecule has 2 rings (SSSR count). The zero-order valence-electron chi connectivity index (χ0n) is 15.6. The lowest BCUT2D eigenvalue weighted by atomic mass is 10.2. The number of hydrogen-bond donors (Lipinski definition) is 2. The molecule has 0 aliphatic heterocycles. The highest BCUT2D eigenvalue weighted by atomic mass is 79.9. The van der Waals surface area contributed by atoms with E-state index in [0.29, 0.717) is 10.2 Å². The van der Waals surface area contributed by atoms with Crippen molar-refractivity contribution in [1.82, 2.24) is 0 Å². The second-order valence-electron chi connectivity index (χ2n) is 5.48. The monoisotopic (exact) mass is 479 g/mol. The highest BCUT2D eigenvalue weighted by molar-refractivity contribution is 9.10. The van der Waals surface area contributed by atoms with Crippen molar-refractivity contribution >= 4 is 43.3 Å². The lowest BCUT2D eigenvalue weighted by Crippen LogP contribution is -2.15. The third kappa shape index (κ3) is 5.73. The Balaban J connectivity index is 2.35. The highest BCUT2D eigenvalue weighted by Gasteiger charge is 2.21. The Hall–Kier alpha value is -3.03. The van der Waals surface area contributed by atoms with Gasteiger partial charge in [0.05, 0.1) is 25.1 Å². The minimum Gasteiger partial charge on any atom is -0.495 e. The van der Waals surface area contributed by atoms with Gasteiger partial charge >= 0.3 is 5.97 Å². The number of nitrogens with one attached hydrogen (secondary N) is 2. The number of rotatable bonds is 8. The number of carbonyl (C=O) groups is 1. The van der Waals surface area contributed by atoms with E-state index in [0.717, 1.165) is 6.20 Å². The van der Waals surface area contributed by atoms with Crippen LogP contribution in [0.1, 0.15) is 6.92 Å². The molecule has 0 aromatic heterocycles. The number of para-hydroxylation sites is 2. The smallest absolute Gasteiger partial charge is 0.350 e. The molecule has 0 radical (unpaired) electrons. The Morgan fingerprint density at radius 2 is 1.93 bits per heavy atom. The molecular weight excluding hydrogens is 462 g/mol. The maximum absolute atomic E-state index is 12.9.